The van der Waals surface area contributed by atoms with E-state index in [-0.39, 0.29) is 5.41 Å². The van der Waals surface area contributed by atoms with E-state index in [0.717, 1.165) is 18.8 Å². The fourth-order valence-electron chi connectivity index (χ4n) is 7.14. The Bertz CT molecular complexity index is 538. The molecular formula is C21H33FO. The highest BCUT2D eigenvalue weighted by atomic mass is 19.1. The second-order valence-electron chi connectivity index (χ2n) is 10.0. The highest BCUT2D eigenvalue weighted by molar-refractivity contribution is 5.26. The number of rotatable bonds is 0. The van der Waals surface area contributed by atoms with E-state index in [0.29, 0.717) is 29.6 Å². The van der Waals surface area contributed by atoms with Crippen molar-refractivity contribution in [2.24, 2.45) is 34.5 Å². The first kappa shape index (κ1) is 16.1. The van der Waals surface area contributed by atoms with Crippen LogP contribution in [0.25, 0.3) is 0 Å². The molecule has 0 amide bonds. The topological polar surface area (TPSA) is 20.2 Å². The molecule has 0 spiro atoms. The quantitative estimate of drug-likeness (QED) is 0.602. The SMILES string of the molecule is C[C@H]1CC[C@@]2(C)C(=CC[C@H]3[C@@H]4C[C@@](C)(F)[C@@H](O)[C@@]4(C)CC[C@@H]32)C1. The van der Waals surface area contributed by atoms with Crippen LogP contribution in [0.5, 0.6) is 0 Å². The Hall–Kier alpha value is -0.370. The van der Waals surface area contributed by atoms with Crippen molar-refractivity contribution in [3.63, 3.8) is 0 Å². The van der Waals surface area contributed by atoms with Gasteiger partial charge < -0.3 is 5.11 Å². The van der Waals surface area contributed by atoms with Crippen LogP contribution in [0.15, 0.2) is 11.6 Å². The van der Waals surface area contributed by atoms with E-state index in [1.165, 1.54) is 25.7 Å². The molecule has 1 N–H and O–H groups in total. The lowest BCUT2D eigenvalue weighted by Crippen LogP contribution is -2.51. The maximum Gasteiger partial charge on any atom is 0.134 e. The zero-order valence-corrected chi connectivity index (χ0v) is 15.2. The van der Waals surface area contributed by atoms with Crippen LogP contribution in [-0.2, 0) is 0 Å². The van der Waals surface area contributed by atoms with Crippen LogP contribution in [0, 0.1) is 34.5 Å². The molecule has 3 fully saturated rings. The van der Waals surface area contributed by atoms with E-state index in [1.807, 2.05) is 0 Å². The van der Waals surface area contributed by atoms with Gasteiger partial charge in [-0.2, -0.15) is 0 Å². The molecule has 0 heterocycles. The molecule has 0 saturated heterocycles. The zero-order valence-electron chi connectivity index (χ0n) is 15.2. The Balaban J connectivity index is 1.70. The molecule has 0 aromatic heterocycles. The van der Waals surface area contributed by atoms with E-state index < -0.39 is 11.8 Å². The van der Waals surface area contributed by atoms with Crippen molar-refractivity contribution in [1.29, 1.82) is 0 Å². The van der Waals surface area contributed by atoms with E-state index in [9.17, 15) is 9.50 Å². The van der Waals surface area contributed by atoms with Crippen molar-refractivity contribution in [3.05, 3.63) is 11.6 Å². The Labute approximate surface area is 140 Å². The molecule has 0 aromatic rings. The van der Waals surface area contributed by atoms with Crippen molar-refractivity contribution in [2.75, 3.05) is 0 Å². The van der Waals surface area contributed by atoms with Crippen molar-refractivity contribution in [1.82, 2.24) is 0 Å². The number of hydrogen-bond donors (Lipinski definition) is 1. The second kappa shape index (κ2) is 4.84. The predicted molar refractivity (Wildman–Crippen MR) is 91.8 cm³/mol. The second-order valence-corrected chi connectivity index (χ2v) is 10.0. The Kier molecular flexibility index (Phi) is 3.39. The summed E-state index contributed by atoms with van der Waals surface area (Å²) >= 11 is 0. The molecule has 3 saturated carbocycles. The van der Waals surface area contributed by atoms with Crippen LogP contribution in [0.4, 0.5) is 4.39 Å². The van der Waals surface area contributed by atoms with E-state index in [2.05, 4.69) is 26.8 Å². The average molecular weight is 320 g/mol. The van der Waals surface area contributed by atoms with Gasteiger partial charge in [-0.3, -0.25) is 0 Å². The summed E-state index contributed by atoms with van der Waals surface area (Å²) in [7, 11) is 0. The van der Waals surface area contributed by atoms with Gasteiger partial charge in [0.25, 0.3) is 0 Å². The third-order valence-electron chi connectivity index (χ3n) is 8.60. The summed E-state index contributed by atoms with van der Waals surface area (Å²) in [6, 6.07) is 0. The monoisotopic (exact) mass is 320 g/mol. The van der Waals surface area contributed by atoms with Crippen molar-refractivity contribution >= 4 is 0 Å². The first-order valence-corrected chi connectivity index (χ1v) is 9.75. The molecule has 4 rings (SSSR count). The minimum atomic E-state index is -1.40. The molecule has 130 valence electrons. The summed E-state index contributed by atoms with van der Waals surface area (Å²) < 4.78 is 14.9. The molecule has 23 heavy (non-hydrogen) atoms. The zero-order chi connectivity index (χ0) is 16.6. The molecule has 0 radical (unpaired) electrons. The van der Waals surface area contributed by atoms with Gasteiger partial charge in [0, 0.05) is 0 Å². The minimum Gasteiger partial charge on any atom is -0.389 e. The number of aliphatic hydroxyl groups is 1. The number of halogens is 1. The standard InChI is InChI=1S/C21H33FO/c1-13-7-9-19(2)14(11-13)5-6-15-16(19)8-10-20(3)17(15)12-21(4,22)18(20)23/h5,13,15-18,23H,6-12H2,1-4H3/t13-,15+,16-,17-,18-,19-,20-,21+/m0/s1. The summed E-state index contributed by atoms with van der Waals surface area (Å²) in [5, 5.41) is 10.6. The maximum atomic E-state index is 14.9. The van der Waals surface area contributed by atoms with Crippen LogP contribution >= 0.6 is 0 Å². The molecule has 4 aliphatic carbocycles. The number of fused-ring (bicyclic) bond motifs is 5. The predicted octanol–water partition coefficient (Wildman–Crippen LogP) is 5.28. The summed E-state index contributed by atoms with van der Waals surface area (Å²) in [5.41, 5.74) is 0.425. The first-order chi connectivity index (χ1) is 10.7. The molecule has 8 atom stereocenters. The number of alkyl halides is 1. The van der Waals surface area contributed by atoms with Crippen LogP contribution in [-0.4, -0.2) is 16.9 Å². The van der Waals surface area contributed by atoms with Gasteiger partial charge in [-0.1, -0.05) is 32.4 Å². The fourth-order valence-corrected chi connectivity index (χ4v) is 7.14. The van der Waals surface area contributed by atoms with Crippen molar-refractivity contribution < 1.29 is 9.50 Å². The molecule has 2 heteroatoms. The van der Waals surface area contributed by atoms with Crippen LogP contribution in [0.1, 0.15) is 72.6 Å². The normalized spacial score (nSPS) is 58.9. The van der Waals surface area contributed by atoms with Gasteiger partial charge in [-0.15, -0.1) is 0 Å². The van der Waals surface area contributed by atoms with Crippen molar-refractivity contribution in [2.45, 2.75) is 84.4 Å². The number of hydrogen-bond acceptors (Lipinski definition) is 1. The molecule has 0 bridgehead atoms. The minimum absolute atomic E-state index is 0.214. The van der Waals surface area contributed by atoms with E-state index in [1.54, 1.807) is 12.5 Å². The number of allylic oxidation sites excluding steroid dienone is 2. The van der Waals surface area contributed by atoms with E-state index in [4.69, 9.17) is 0 Å². The van der Waals surface area contributed by atoms with Crippen LogP contribution in [0.2, 0.25) is 0 Å². The summed E-state index contributed by atoms with van der Waals surface area (Å²) in [6.45, 7) is 8.66. The van der Waals surface area contributed by atoms with Gasteiger partial charge in [0.1, 0.15) is 5.67 Å². The average Bonchev–Trinajstić information content (AvgIpc) is 2.68. The lowest BCUT2D eigenvalue weighted by molar-refractivity contribution is -0.0839. The van der Waals surface area contributed by atoms with Gasteiger partial charge in [-0.25, -0.2) is 4.39 Å². The summed E-state index contributed by atoms with van der Waals surface area (Å²) in [6.07, 6.45) is 9.49. The smallest absolute Gasteiger partial charge is 0.134 e. The van der Waals surface area contributed by atoms with Gasteiger partial charge >= 0.3 is 0 Å². The van der Waals surface area contributed by atoms with Gasteiger partial charge in [0.2, 0.25) is 0 Å². The fraction of sp³-hybridized carbons (Fsp3) is 0.905. The van der Waals surface area contributed by atoms with Crippen LogP contribution in [0.3, 0.4) is 0 Å². The summed E-state index contributed by atoms with van der Waals surface area (Å²) in [4.78, 5) is 0. The van der Waals surface area contributed by atoms with Gasteiger partial charge in [0.05, 0.1) is 6.10 Å². The molecule has 4 aliphatic rings. The Morgan fingerprint density at radius 3 is 2.61 bits per heavy atom. The maximum absolute atomic E-state index is 14.9. The highest BCUT2D eigenvalue weighted by Gasteiger charge is 2.64. The Morgan fingerprint density at radius 2 is 1.87 bits per heavy atom. The van der Waals surface area contributed by atoms with Crippen molar-refractivity contribution in [3.8, 4) is 0 Å². The third-order valence-corrected chi connectivity index (χ3v) is 8.60. The lowest BCUT2D eigenvalue weighted by atomic mass is 9.47. The molecule has 1 nitrogen and oxygen atoms in total. The molecular weight excluding hydrogens is 287 g/mol. The van der Waals surface area contributed by atoms with E-state index >= 15 is 0 Å². The lowest BCUT2D eigenvalue weighted by Gasteiger charge is -2.57. The first-order valence-electron chi connectivity index (χ1n) is 9.75. The third kappa shape index (κ3) is 2.06. The largest absolute Gasteiger partial charge is 0.389 e. The van der Waals surface area contributed by atoms with Gasteiger partial charge in [0.15, 0.2) is 0 Å². The molecule has 0 aromatic carbocycles. The Morgan fingerprint density at radius 1 is 1.13 bits per heavy atom. The van der Waals surface area contributed by atoms with Gasteiger partial charge in [-0.05, 0) is 86.4 Å². The van der Waals surface area contributed by atoms with Crippen LogP contribution < -0.4 is 0 Å². The molecule has 0 unspecified atom stereocenters. The highest BCUT2D eigenvalue weighted by Crippen LogP contribution is 2.66. The number of aliphatic hydroxyl groups excluding tert-OH is 1. The molecule has 0 aliphatic heterocycles. The summed E-state index contributed by atoms with van der Waals surface area (Å²) in [5.74, 6) is 2.44.